The van der Waals surface area contributed by atoms with E-state index in [1.54, 1.807) is 4.68 Å². The first-order valence-corrected chi connectivity index (χ1v) is 9.73. The molecule has 9 heteroatoms. The lowest BCUT2D eigenvalue weighted by Crippen LogP contribution is -2.16. The molecule has 1 fully saturated rings. The van der Waals surface area contributed by atoms with E-state index in [9.17, 15) is 0 Å². The van der Waals surface area contributed by atoms with Crippen LogP contribution in [0.2, 0.25) is 0 Å². The average molecular weight is 372 g/mol. The molecule has 1 atom stereocenters. The second kappa shape index (κ2) is 7.96. The first-order chi connectivity index (χ1) is 12.8. The minimum absolute atomic E-state index is 0.193. The highest BCUT2D eigenvalue weighted by Gasteiger charge is 2.19. The maximum atomic E-state index is 5.65. The van der Waals surface area contributed by atoms with E-state index in [-0.39, 0.29) is 6.10 Å². The molecule has 1 aliphatic heterocycles. The monoisotopic (exact) mass is 372 g/mol. The molecule has 136 valence electrons. The summed E-state index contributed by atoms with van der Waals surface area (Å²) >= 11 is 1.48. The summed E-state index contributed by atoms with van der Waals surface area (Å²) in [5, 5.41) is 16.7. The van der Waals surface area contributed by atoms with Crippen LogP contribution in [0.1, 0.15) is 31.2 Å². The fraction of sp³-hybridized carbons (Fsp3) is 0.471. The van der Waals surface area contributed by atoms with E-state index in [1.165, 1.54) is 17.3 Å². The van der Waals surface area contributed by atoms with Gasteiger partial charge in [-0.25, -0.2) is 4.68 Å². The second-order valence-corrected chi connectivity index (χ2v) is 7.07. The van der Waals surface area contributed by atoms with Crippen molar-refractivity contribution in [3.05, 3.63) is 35.7 Å². The van der Waals surface area contributed by atoms with E-state index in [0.717, 1.165) is 36.6 Å². The molecular weight excluding hydrogens is 352 g/mol. The number of ether oxygens (including phenoxy) is 1. The number of rotatable bonds is 7. The molecule has 26 heavy (non-hydrogen) atoms. The lowest BCUT2D eigenvalue weighted by molar-refractivity contribution is 0.0912. The quantitative estimate of drug-likeness (QED) is 0.585. The third kappa shape index (κ3) is 3.94. The zero-order chi connectivity index (χ0) is 17.8. The summed E-state index contributed by atoms with van der Waals surface area (Å²) < 4.78 is 12.8. The van der Waals surface area contributed by atoms with Gasteiger partial charge in [-0.05, 0) is 35.3 Å². The van der Waals surface area contributed by atoms with Gasteiger partial charge in [0.1, 0.15) is 0 Å². The SMILES string of the molecule is CCc1ccc(-c2noc(CSc3nnnn3C[C@@H]3CCCO3)n2)cc1. The molecular formula is C17H20N6O2S. The Labute approximate surface area is 155 Å². The van der Waals surface area contributed by atoms with Crippen LogP contribution in [-0.2, 0) is 23.5 Å². The van der Waals surface area contributed by atoms with Crippen molar-refractivity contribution in [1.29, 1.82) is 0 Å². The molecule has 1 aromatic carbocycles. The minimum Gasteiger partial charge on any atom is -0.376 e. The fourth-order valence-electron chi connectivity index (χ4n) is 2.84. The molecule has 0 spiro atoms. The van der Waals surface area contributed by atoms with Gasteiger partial charge in [-0.15, -0.1) is 5.10 Å². The highest BCUT2D eigenvalue weighted by Crippen LogP contribution is 2.23. The number of hydrogen-bond donors (Lipinski definition) is 0. The Bertz CT molecular complexity index is 841. The molecule has 3 aromatic rings. The zero-order valence-electron chi connectivity index (χ0n) is 14.5. The predicted molar refractivity (Wildman–Crippen MR) is 95.5 cm³/mol. The molecule has 3 heterocycles. The van der Waals surface area contributed by atoms with Crippen molar-refractivity contribution in [2.24, 2.45) is 0 Å². The number of aromatic nitrogens is 6. The van der Waals surface area contributed by atoms with Crippen molar-refractivity contribution in [2.75, 3.05) is 6.61 Å². The average Bonchev–Trinajstić information content (AvgIpc) is 3.43. The first-order valence-electron chi connectivity index (χ1n) is 8.74. The number of benzene rings is 1. The van der Waals surface area contributed by atoms with E-state index < -0.39 is 0 Å². The van der Waals surface area contributed by atoms with E-state index >= 15 is 0 Å². The Morgan fingerprint density at radius 3 is 2.92 bits per heavy atom. The van der Waals surface area contributed by atoms with Crippen molar-refractivity contribution < 1.29 is 9.26 Å². The number of thioether (sulfide) groups is 1. The van der Waals surface area contributed by atoms with Crippen LogP contribution in [0, 0.1) is 0 Å². The number of hydrogen-bond acceptors (Lipinski definition) is 8. The zero-order valence-corrected chi connectivity index (χ0v) is 15.4. The van der Waals surface area contributed by atoms with Crippen LogP contribution >= 0.6 is 11.8 Å². The Morgan fingerprint density at radius 1 is 1.27 bits per heavy atom. The van der Waals surface area contributed by atoms with E-state index in [4.69, 9.17) is 9.26 Å². The summed E-state index contributed by atoms with van der Waals surface area (Å²) in [5.74, 6) is 1.67. The summed E-state index contributed by atoms with van der Waals surface area (Å²) in [6.45, 7) is 3.62. The molecule has 2 aromatic heterocycles. The van der Waals surface area contributed by atoms with Crippen molar-refractivity contribution in [1.82, 2.24) is 30.3 Å². The van der Waals surface area contributed by atoms with Gasteiger partial charge in [-0.1, -0.05) is 48.1 Å². The molecule has 1 aliphatic rings. The van der Waals surface area contributed by atoms with E-state index in [1.807, 2.05) is 12.1 Å². The minimum atomic E-state index is 0.193. The van der Waals surface area contributed by atoms with Gasteiger partial charge in [0.2, 0.25) is 16.9 Å². The molecule has 1 saturated heterocycles. The summed E-state index contributed by atoms with van der Waals surface area (Å²) in [6, 6.07) is 8.20. The van der Waals surface area contributed by atoms with Crippen LogP contribution in [0.5, 0.6) is 0 Å². The van der Waals surface area contributed by atoms with Gasteiger partial charge < -0.3 is 9.26 Å². The number of aryl methyl sites for hydroxylation is 1. The summed E-state index contributed by atoms with van der Waals surface area (Å²) in [4.78, 5) is 4.47. The molecule has 4 rings (SSSR count). The molecule has 8 nitrogen and oxygen atoms in total. The van der Waals surface area contributed by atoms with E-state index in [0.29, 0.717) is 24.0 Å². The smallest absolute Gasteiger partial charge is 0.237 e. The van der Waals surface area contributed by atoms with Gasteiger partial charge >= 0.3 is 0 Å². The lowest BCUT2D eigenvalue weighted by Gasteiger charge is -2.09. The predicted octanol–water partition coefficient (Wildman–Crippen LogP) is 2.76. The van der Waals surface area contributed by atoms with Gasteiger partial charge in [0.05, 0.1) is 18.4 Å². The molecule has 0 amide bonds. The molecule has 0 bridgehead atoms. The molecule has 0 radical (unpaired) electrons. The highest BCUT2D eigenvalue weighted by molar-refractivity contribution is 7.98. The second-order valence-electron chi connectivity index (χ2n) is 6.13. The Kier molecular flexibility index (Phi) is 5.26. The van der Waals surface area contributed by atoms with Crippen LogP contribution in [0.15, 0.2) is 33.9 Å². The van der Waals surface area contributed by atoms with Crippen LogP contribution in [0.25, 0.3) is 11.4 Å². The largest absolute Gasteiger partial charge is 0.376 e. The third-order valence-corrected chi connectivity index (χ3v) is 5.25. The molecule has 0 aliphatic carbocycles. The normalized spacial score (nSPS) is 17.0. The maximum absolute atomic E-state index is 5.65. The fourth-order valence-corrected chi connectivity index (χ4v) is 3.57. The lowest BCUT2D eigenvalue weighted by atomic mass is 10.1. The number of nitrogens with zero attached hydrogens (tertiary/aromatic N) is 6. The Hall–Kier alpha value is -2.26. The van der Waals surface area contributed by atoms with Crippen molar-refractivity contribution in [3.8, 4) is 11.4 Å². The summed E-state index contributed by atoms with van der Waals surface area (Å²) in [6.07, 6.45) is 3.35. The first kappa shape index (κ1) is 17.2. The maximum Gasteiger partial charge on any atom is 0.237 e. The standard InChI is InChI=1S/C17H20N6O2S/c1-2-12-5-7-13(8-6-12)16-18-15(25-20-16)11-26-17-19-21-22-23(17)10-14-4-3-9-24-14/h5-8,14H,2-4,9-11H2,1H3/t14-/m0/s1. The van der Waals surface area contributed by atoms with Gasteiger partial charge in [0.25, 0.3) is 0 Å². The summed E-state index contributed by atoms with van der Waals surface area (Å²) in [5.41, 5.74) is 2.23. The molecule has 0 N–H and O–H groups in total. The van der Waals surface area contributed by atoms with Crippen LogP contribution in [0.4, 0.5) is 0 Å². The van der Waals surface area contributed by atoms with Crippen LogP contribution in [-0.4, -0.2) is 43.1 Å². The molecule has 0 unspecified atom stereocenters. The Morgan fingerprint density at radius 2 is 2.15 bits per heavy atom. The van der Waals surface area contributed by atoms with Crippen LogP contribution < -0.4 is 0 Å². The topological polar surface area (TPSA) is 91.8 Å². The van der Waals surface area contributed by atoms with Crippen molar-refractivity contribution in [2.45, 2.75) is 49.7 Å². The van der Waals surface area contributed by atoms with Crippen molar-refractivity contribution in [3.63, 3.8) is 0 Å². The summed E-state index contributed by atoms with van der Waals surface area (Å²) in [7, 11) is 0. The van der Waals surface area contributed by atoms with E-state index in [2.05, 4.69) is 44.7 Å². The van der Waals surface area contributed by atoms with Crippen LogP contribution in [0.3, 0.4) is 0 Å². The Balaban J connectivity index is 1.38. The van der Waals surface area contributed by atoms with Crippen molar-refractivity contribution >= 4 is 11.8 Å². The van der Waals surface area contributed by atoms with Gasteiger partial charge in [-0.2, -0.15) is 4.98 Å². The van der Waals surface area contributed by atoms with Gasteiger partial charge in [-0.3, -0.25) is 0 Å². The highest BCUT2D eigenvalue weighted by atomic mass is 32.2. The molecule has 0 saturated carbocycles. The number of tetrazole rings is 1. The van der Waals surface area contributed by atoms with Gasteiger partial charge in [0, 0.05) is 12.2 Å². The van der Waals surface area contributed by atoms with Gasteiger partial charge in [0.15, 0.2) is 0 Å². The third-order valence-electron chi connectivity index (χ3n) is 4.31.